The lowest BCUT2D eigenvalue weighted by Crippen LogP contribution is -2.33. The van der Waals surface area contributed by atoms with Gasteiger partial charge >= 0.3 is 0 Å². The second-order valence-corrected chi connectivity index (χ2v) is 6.71. The Balaban J connectivity index is 1.37. The number of benzene rings is 2. The van der Waals surface area contributed by atoms with E-state index < -0.39 is 0 Å². The van der Waals surface area contributed by atoms with Crippen LogP contribution in [0.25, 0.3) is 0 Å². The van der Waals surface area contributed by atoms with E-state index in [0.29, 0.717) is 0 Å². The number of rotatable bonds is 4. The Morgan fingerprint density at radius 3 is 2.61 bits per heavy atom. The molecule has 4 rings (SSSR count). The van der Waals surface area contributed by atoms with Crippen LogP contribution >= 0.6 is 0 Å². The number of anilines is 1. The Morgan fingerprint density at radius 1 is 0.826 bits per heavy atom. The molecule has 0 N–H and O–H groups in total. The molecule has 1 aliphatic heterocycles. The van der Waals surface area contributed by atoms with E-state index >= 15 is 0 Å². The van der Waals surface area contributed by atoms with Crippen molar-refractivity contribution in [1.82, 2.24) is 0 Å². The van der Waals surface area contributed by atoms with Gasteiger partial charge in [0.2, 0.25) is 0 Å². The fraction of sp³-hybridized carbons (Fsp3) is 0.429. The topological polar surface area (TPSA) is 12.5 Å². The number of para-hydroxylation sites is 1. The average molecular weight is 307 g/mol. The lowest BCUT2D eigenvalue weighted by atomic mass is 9.92. The molecule has 0 saturated carbocycles. The van der Waals surface area contributed by atoms with Crippen LogP contribution in [0.1, 0.15) is 36.0 Å². The Hall–Kier alpha value is -1.96. The molecule has 0 atom stereocenters. The number of ether oxygens (including phenoxy) is 1. The highest BCUT2D eigenvalue weighted by molar-refractivity contribution is 5.55. The Labute approximate surface area is 139 Å². The van der Waals surface area contributed by atoms with Gasteiger partial charge in [0.05, 0.1) is 6.54 Å². The predicted octanol–water partition coefficient (Wildman–Crippen LogP) is 4.40. The van der Waals surface area contributed by atoms with Gasteiger partial charge in [-0.05, 0) is 73.4 Å². The van der Waals surface area contributed by atoms with Gasteiger partial charge in [-0.15, -0.1) is 0 Å². The lowest BCUT2D eigenvalue weighted by molar-refractivity contribution is 0.322. The van der Waals surface area contributed by atoms with E-state index in [1.54, 1.807) is 0 Å². The summed E-state index contributed by atoms with van der Waals surface area (Å²) in [6.07, 6.45) is 7.56. The van der Waals surface area contributed by atoms with Crippen LogP contribution in [-0.4, -0.2) is 19.7 Å². The zero-order valence-corrected chi connectivity index (χ0v) is 13.8. The molecule has 120 valence electrons. The van der Waals surface area contributed by atoms with Crippen LogP contribution in [0.4, 0.5) is 5.69 Å². The second kappa shape index (κ2) is 6.66. The molecule has 2 aromatic rings. The van der Waals surface area contributed by atoms with Gasteiger partial charge in [0, 0.05) is 12.2 Å². The summed E-state index contributed by atoms with van der Waals surface area (Å²) in [5.41, 5.74) is 5.89. The molecule has 2 aliphatic rings. The minimum Gasteiger partial charge on any atom is -0.492 e. The van der Waals surface area contributed by atoms with Crippen molar-refractivity contribution in [3.63, 3.8) is 0 Å². The van der Waals surface area contributed by atoms with Gasteiger partial charge in [-0.3, -0.25) is 0 Å². The minimum atomic E-state index is 0.757. The Bertz CT molecular complexity index is 679. The number of fused-ring (bicyclic) bond motifs is 2. The first-order chi connectivity index (χ1) is 11.4. The predicted molar refractivity (Wildman–Crippen MR) is 95.6 cm³/mol. The molecule has 0 spiro atoms. The standard InChI is InChI=1S/C21H25NO/c1-2-8-19-16-20(12-11-17(19)6-1)23-15-14-22-13-5-9-18-7-3-4-10-21(18)22/h3-4,7,10-12,16H,1-2,5-6,8-9,13-15H2. The maximum atomic E-state index is 6.05. The molecule has 0 radical (unpaired) electrons. The van der Waals surface area contributed by atoms with Gasteiger partial charge < -0.3 is 9.64 Å². The van der Waals surface area contributed by atoms with Gasteiger partial charge in [0.15, 0.2) is 0 Å². The first kappa shape index (κ1) is 14.6. The normalized spacial score (nSPS) is 16.6. The minimum absolute atomic E-state index is 0.757. The smallest absolute Gasteiger partial charge is 0.119 e. The summed E-state index contributed by atoms with van der Waals surface area (Å²) < 4.78 is 6.05. The fourth-order valence-electron chi connectivity index (χ4n) is 3.92. The third-order valence-corrected chi connectivity index (χ3v) is 5.16. The summed E-state index contributed by atoms with van der Waals surface area (Å²) in [7, 11) is 0. The number of hydrogen-bond donors (Lipinski definition) is 0. The highest BCUT2D eigenvalue weighted by Gasteiger charge is 2.16. The van der Waals surface area contributed by atoms with Crippen molar-refractivity contribution in [3.8, 4) is 5.75 Å². The Kier molecular flexibility index (Phi) is 4.23. The molecule has 23 heavy (non-hydrogen) atoms. The van der Waals surface area contributed by atoms with E-state index in [4.69, 9.17) is 4.74 Å². The van der Waals surface area contributed by atoms with Crippen LogP contribution in [-0.2, 0) is 19.3 Å². The van der Waals surface area contributed by atoms with Crippen LogP contribution in [0.5, 0.6) is 5.75 Å². The molecule has 0 bridgehead atoms. The van der Waals surface area contributed by atoms with E-state index in [0.717, 1.165) is 25.4 Å². The molecular formula is C21H25NO. The highest BCUT2D eigenvalue weighted by Crippen LogP contribution is 2.27. The molecule has 2 nitrogen and oxygen atoms in total. The molecule has 0 fully saturated rings. The van der Waals surface area contributed by atoms with E-state index in [-0.39, 0.29) is 0 Å². The molecular weight excluding hydrogens is 282 g/mol. The van der Waals surface area contributed by atoms with Crippen molar-refractivity contribution in [1.29, 1.82) is 0 Å². The summed E-state index contributed by atoms with van der Waals surface area (Å²) in [5.74, 6) is 1.04. The molecule has 0 aromatic heterocycles. The van der Waals surface area contributed by atoms with Gasteiger partial charge in [-0.25, -0.2) is 0 Å². The summed E-state index contributed by atoms with van der Waals surface area (Å²) in [4.78, 5) is 2.47. The molecule has 0 unspecified atom stereocenters. The van der Waals surface area contributed by atoms with Crippen molar-refractivity contribution in [2.24, 2.45) is 0 Å². The third kappa shape index (κ3) is 3.21. The quantitative estimate of drug-likeness (QED) is 0.830. The van der Waals surface area contributed by atoms with Crippen molar-refractivity contribution in [2.45, 2.75) is 38.5 Å². The number of nitrogens with zero attached hydrogens (tertiary/aromatic N) is 1. The van der Waals surface area contributed by atoms with Crippen molar-refractivity contribution >= 4 is 5.69 Å². The average Bonchev–Trinajstić information content (AvgIpc) is 2.62. The maximum absolute atomic E-state index is 6.05. The second-order valence-electron chi connectivity index (χ2n) is 6.71. The largest absolute Gasteiger partial charge is 0.492 e. The van der Waals surface area contributed by atoms with Crippen LogP contribution in [0.3, 0.4) is 0 Å². The van der Waals surface area contributed by atoms with E-state index in [9.17, 15) is 0 Å². The first-order valence-electron chi connectivity index (χ1n) is 8.97. The summed E-state index contributed by atoms with van der Waals surface area (Å²) in [6, 6.07) is 15.5. The van der Waals surface area contributed by atoms with Gasteiger partial charge in [-0.2, -0.15) is 0 Å². The maximum Gasteiger partial charge on any atom is 0.119 e. The number of aryl methyl sites for hydroxylation is 3. The van der Waals surface area contributed by atoms with Crippen LogP contribution in [0.15, 0.2) is 42.5 Å². The molecule has 0 amide bonds. The van der Waals surface area contributed by atoms with Crippen molar-refractivity contribution in [2.75, 3.05) is 24.6 Å². The van der Waals surface area contributed by atoms with Crippen molar-refractivity contribution < 1.29 is 4.74 Å². The van der Waals surface area contributed by atoms with Gasteiger partial charge in [0.25, 0.3) is 0 Å². The SMILES string of the molecule is c1ccc2c(c1)CCCN2CCOc1ccc2c(c1)CCCC2. The summed E-state index contributed by atoms with van der Waals surface area (Å²) >= 11 is 0. The third-order valence-electron chi connectivity index (χ3n) is 5.16. The van der Waals surface area contributed by atoms with Gasteiger partial charge in [0.1, 0.15) is 12.4 Å². The zero-order chi connectivity index (χ0) is 15.5. The molecule has 2 heteroatoms. The highest BCUT2D eigenvalue weighted by atomic mass is 16.5. The van der Waals surface area contributed by atoms with Crippen LogP contribution < -0.4 is 9.64 Å². The molecule has 1 heterocycles. The lowest BCUT2D eigenvalue weighted by Gasteiger charge is -2.31. The monoisotopic (exact) mass is 307 g/mol. The Morgan fingerprint density at radius 2 is 1.65 bits per heavy atom. The number of hydrogen-bond acceptors (Lipinski definition) is 2. The molecule has 0 saturated heterocycles. The van der Waals surface area contributed by atoms with Crippen LogP contribution in [0, 0.1) is 0 Å². The van der Waals surface area contributed by atoms with Crippen LogP contribution in [0.2, 0.25) is 0 Å². The summed E-state index contributed by atoms with van der Waals surface area (Å²) in [5, 5.41) is 0. The molecule has 1 aliphatic carbocycles. The van der Waals surface area contributed by atoms with E-state index in [1.807, 2.05) is 0 Å². The first-order valence-corrected chi connectivity index (χ1v) is 8.97. The van der Waals surface area contributed by atoms with E-state index in [1.165, 1.54) is 60.9 Å². The zero-order valence-electron chi connectivity index (χ0n) is 13.8. The van der Waals surface area contributed by atoms with Crippen molar-refractivity contribution in [3.05, 3.63) is 59.2 Å². The van der Waals surface area contributed by atoms with E-state index in [2.05, 4.69) is 47.4 Å². The summed E-state index contributed by atoms with van der Waals surface area (Å²) in [6.45, 7) is 2.87. The molecule has 2 aromatic carbocycles. The van der Waals surface area contributed by atoms with Gasteiger partial charge in [-0.1, -0.05) is 24.3 Å². The fourth-order valence-corrected chi connectivity index (χ4v) is 3.92.